The summed E-state index contributed by atoms with van der Waals surface area (Å²) in [5, 5.41) is 2.40. The molecule has 5 nitrogen and oxygen atoms in total. The van der Waals surface area contributed by atoms with Gasteiger partial charge in [0.05, 0.1) is 10.6 Å². The van der Waals surface area contributed by atoms with Gasteiger partial charge in [-0.3, -0.25) is 4.79 Å². The largest absolute Gasteiger partial charge is 0.324 e. The van der Waals surface area contributed by atoms with Crippen LogP contribution in [0.1, 0.15) is 25.7 Å². The molecule has 1 unspecified atom stereocenters. The van der Waals surface area contributed by atoms with Gasteiger partial charge in [-0.25, -0.2) is 21.6 Å². The lowest BCUT2D eigenvalue weighted by Gasteiger charge is -2.32. The van der Waals surface area contributed by atoms with Crippen LogP contribution in [-0.4, -0.2) is 31.7 Å². The van der Waals surface area contributed by atoms with E-state index in [0.29, 0.717) is 25.5 Å². The Bertz CT molecular complexity index is 981. The number of anilines is 1. The quantitative estimate of drug-likeness (QED) is 0.761. The van der Waals surface area contributed by atoms with E-state index in [1.165, 1.54) is 16.4 Å². The predicted molar refractivity (Wildman–Crippen MR) is 102 cm³/mol. The van der Waals surface area contributed by atoms with E-state index in [1.807, 2.05) is 0 Å². The van der Waals surface area contributed by atoms with Gasteiger partial charge in [0.25, 0.3) is 0 Å². The van der Waals surface area contributed by atoms with Crippen molar-refractivity contribution in [2.24, 2.45) is 5.92 Å². The van der Waals surface area contributed by atoms with Gasteiger partial charge in [-0.1, -0.05) is 0 Å². The molecule has 1 N–H and O–H groups in total. The van der Waals surface area contributed by atoms with Gasteiger partial charge < -0.3 is 5.32 Å². The van der Waals surface area contributed by atoms with Crippen molar-refractivity contribution in [3.8, 4) is 0 Å². The van der Waals surface area contributed by atoms with Crippen LogP contribution in [0.15, 0.2) is 47.4 Å². The molecule has 1 amide bonds. The first-order chi connectivity index (χ1) is 13.8. The molecular formula is C20H21F3N2O3S. The van der Waals surface area contributed by atoms with E-state index in [0.717, 1.165) is 30.7 Å². The summed E-state index contributed by atoms with van der Waals surface area (Å²) in [4.78, 5) is 12.1. The SMILES string of the molecule is O=C(CCC1CCCN(S(=O)(=O)c2ccc(F)cc2)C1)Nc1ccc(F)cc1F. The van der Waals surface area contributed by atoms with Crippen molar-refractivity contribution >= 4 is 21.6 Å². The van der Waals surface area contributed by atoms with E-state index < -0.39 is 33.4 Å². The number of piperidine rings is 1. The Morgan fingerprint density at radius 3 is 2.45 bits per heavy atom. The molecule has 0 saturated carbocycles. The number of hydrogen-bond donors (Lipinski definition) is 1. The molecule has 1 aliphatic heterocycles. The molecule has 1 atom stereocenters. The van der Waals surface area contributed by atoms with Crippen molar-refractivity contribution in [3.63, 3.8) is 0 Å². The summed E-state index contributed by atoms with van der Waals surface area (Å²) in [6.07, 6.45) is 1.95. The number of hydrogen-bond acceptors (Lipinski definition) is 3. The number of amides is 1. The fourth-order valence-corrected chi connectivity index (χ4v) is 4.93. The Hall–Kier alpha value is -2.39. The van der Waals surface area contributed by atoms with Crippen LogP contribution in [0.5, 0.6) is 0 Å². The Morgan fingerprint density at radius 1 is 1.07 bits per heavy atom. The van der Waals surface area contributed by atoms with E-state index in [4.69, 9.17) is 0 Å². The maximum Gasteiger partial charge on any atom is 0.243 e. The van der Waals surface area contributed by atoms with Crippen molar-refractivity contribution in [1.29, 1.82) is 0 Å². The van der Waals surface area contributed by atoms with Crippen LogP contribution in [0.3, 0.4) is 0 Å². The molecule has 29 heavy (non-hydrogen) atoms. The van der Waals surface area contributed by atoms with Gasteiger partial charge in [-0.15, -0.1) is 0 Å². The van der Waals surface area contributed by atoms with E-state index in [1.54, 1.807) is 0 Å². The van der Waals surface area contributed by atoms with Crippen LogP contribution in [0, 0.1) is 23.4 Å². The lowest BCUT2D eigenvalue weighted by Crippen LogP contribution is -2.40. The molecule has 2 aromatic rings. The fourth-order valence-electron chi connectivity index (χ4n) is 3.38. The first kappa shape index (κ1) is 21.3. The number of nitrogens with zero attached hydrogens (tertiary/aromatic N) is 1. The zero-order valence-corrected chi connectivity index (χ0v) is 16.4. The zero-order valence-electron chi connectivity index (χ0n) is 15.6. The number of sulfonamides is 1. The summed E-state index contributed by atoms with van der Waals surface area (Å²) < 4.78 is 66.5. The second kappa shape index (κ2) is 8.96. The number of nitrogens with one attached hydrogen (secondary N) is 1. The van der Waals surface area contributed by atoms with Crippen LogP contribution in [-0.2, 0) is 14.8 Å². The molecule has 1 saturated heterocycles. The minimum atomic E-state index is -3.73. The first-order valence-corrected chi connectivity index (χ1v) is 10.7. The summed E-state index contributed by atoms with van der Waals surface area (Å²) in [6, 6.07) is 7.57. The third-order valence-electron chi connectivity index (χ3n) is 4.92. The molecule has 0 spiro atoms. The number of carbonyl (C=O) groups excluding carboxylic acids is 1. The topological polar surface area (TPSA) is 66.5 Å². The van der Waals surface area contributed by atoms with E-state index in [9.17, 15) is 26.4 Å². The lowest BCUT2D eigenvalue weighted by atomic mass is 9.94. The van der Waals surface area contributed by atoms with Crippen molar-refractivity contribution < 1.29 is 26.4 Å². The third kappa shape index (κ3) is 5.36. The predicted octanol–water partition coefficient (Wildman–Crippen LogP) is 3.92. The maximum atomic E-state index is 13.6. The van der Waals surface area contributed by atoms with Crippen molar-refractivity contribution in [2.75, 3.05) is 18.4 Å². The van der Waals surface area contributed by atoms with Gasteiger partial charge in [-0.05, 0) is 61.6 Å². The van der Waals surface area contributed by atoms with Gasteiger partial charge in [0, 0.05) is 25.6 Å². The number of carbonyl (C=O) groups is 1. The molecular weight excluding hydrogens is 405 g/mol. The molecule has 0 bridgehead atoms. The molecule has 1 heterocycles. The van der Waals surface area contributed by atoms with E-state index in [2.05, 4.69) is 5.32 Å². The molecule has 0 aliphatic carbocycles. The van der Waals surface area contributed by atoms with Gasteiger partial charge in [0.15, 0.2) is 0 Å². The van der Waals surface area contributed by atoms with E-state index in [-0.39, 0.29) is 29.5 Å². The van der Waals surface area contributed by atoms with Gasteiger partial charge in [0.2, 0.25) is 15.9 Å². The Kier molecular flexibility index (Phi) is 6.59. The minimum Gasteiger partial charge on any atom is -0.324 e. The van der Waals surface area contributed by atoms with Crippen LogP contribution < -0.4 is 5.32 Å². The average Bonchev–Trinajstić information content (AvgIpc) is 2.69. The maximum absolute atomic E-state index is 13.6. The summed E-state index contributed by atoms with van der Waals surface area (Å²) in [5.74, 6) is -2.54. The van der Waals surface area contributed by atoms with Crippen LogP contribution in [0.25, 0.3) is 0 Å². The summed E-state index contributed by atoms with van der Waals surface area (Å²) >= 11 is 0. The standard InChI is InChI=1S/C20H21F3N2O3S/c21-15-4-7-17(8-5-15)29(27,28)25-11-1-2-14(13-25)3-10-20(26)24-19-9-6-16(22)12-18(19)23/h4-9,12,14H,1-3,10-11,13H2,(H,24,26). The van der Waals surface area contributed by atoms with Gasteiger partial charge in [0.1, 0.15) is 17.5 Å². The highest BCUT2D eigenvalue weighted by Crippen LogP contribution is 2.26. The molecule has 0 radical (unpaired) electrons. The van der Waals surface area contributed by atoms with Gasteiger partial charge in [-0.2, -0.15) is 4.31 Å². The second-order valence-electron chi connectivity index (χ2n) is 7.04. The Labute approximate surface area is 167 Å². The van der Waals surface area contributed by atoms with Crippen LogP contribution in [0.2, 0.25) is 0 Å². The zero-order chi connectivity index (χ0) is 21.0. The highest BCUT2D eigenvalue weighted by atomic mass is 32.2. The normalized spacial score (nSPS) is 17.8. The van der Waals surface area contributed by atoms with E-state index >= 15 is 0 Å². The summed E-state index contributed by atoms with van der Waals surface area (Å²) in [7, 11) is -3.73. The van der Waals surface area contributed by atoms with Crippen molar-refractivity contribution in [3.05, 3.63) is 59.9 Å². The van der Waals surface area contributed by atoms with Crippen molar-refractivity contribution in [2.45, 2.75) is 30.6 Å². The molecule has 156 valence electrons. The number of benzene rings is 2. The Morgan fingerprint density at radius 2 is 1.76 bits per heavy atom. The average molecular weight is 426 g/mol. The van der Waals surface area contributed by atoms with Gasteiger partial charge >= 0.3 is 0 Å². The monoisotopic (exact) mass is 426 g/mol. The Balaban J connectivity index is 1.56. The molecule has 0 aromatic heterocycles. The highest BCUT2D eigenvalue weighted by Gasteiger charge is 2.30. The number of halogens is 3. The smallest absolute Gasteiger partial charge is 0.243 e. The highest BCUT2D eigenvalue weighted by molar-refractivity contribution is 7.89. The molecule has 3 rings (SSSR count). The van der Waals surface area contributed by atoms with Crippen LogP contribution in [0.4, 0.5) is 18.9 Å². The third-order valence-corrected chi connectivity index (χ3v) is 6.80. The number of rotatable bonds is 6. The minimum absolute atomic E-state index is 0.0252. The molecule has 1 fully saturated rings. The molecule has 9 heteroatoms. The second-order valence-corrected chi connectivity index (χ2v) is 8.97. The summed E-state index contributed by atoms with van der Waals surface area (Å²) in [5.41, 5.74) is -0.0967. The molecule has 1 aliphatic rings. The van der Waals surface area contributed by atoms with Crippen molar-refractivity contribution in [1.82, 2.24) is 4.31 Å². The van der Waals surface area contributed by atoms with Crippen LogP contribution >= 0.6 is 0 Å². The molecule has 2 aromatic carbocycles. The lowest BCUT2D eigenvalue weighted by molar-refractivity contribution is -0.116. The first-order valence-electron chi connectivity index (χ1n) is 9.26. The summed E-state index contributed by atoms with van der Waals surface area (Å²) in [6.45, 7) is 0.626. The fraction of sp³-hybridized carbons (Fsp3) is 0.350.